The Labute approximate surface area is 137 Å². The summed E-state index contributed by atoms with van der Waals surface area (Å²) in [6.45, 7) is 6.69. The number of piperazine rings is 1. The number of carbonyl (C=O) groups excluding carboxylic acids is 1. The van der Waals surface area contributed by atoms with E-state index in [-0.39, 0.29) is 6.03 Å². The molecular formula is C19H23N3O. The average molecular weight is 309 g/mol. The molecule has 1 N–H and O–H groups in total. The normalized spacial score (nSPS) is 15.4. The van der Waals surface area contributed by atoms with Gasteiger partial charge in [-0.05, 0) is 29.8 Å². The summed E-state index contributed by atoms with van der Waals surface area (Å²) in [4.78, 5) is 16.7. The molecule has 0 radical (unpaired) electrons. The molecule has 1 fully saturated rings. The van der Waals surface area contributed by atoms with Gasteiger partial charge < -0.3 is 15.1 Å². The summed E-state index contributed by atoms with van der Waals surface area (Å²) >= 11 is 0. The molecule has 2 aromatic rings. The first-order valence-corrected chi connectivity index (χ1v) is 8.20. The molecule has 0 bridgehead atoms. The summed E-state index contributed by atoms with van der Waals surface area (Å²) in [7, 11) is 0. The fourth-order valence-electron chi connectivity index (χ4n) is 2.88. The predicted molar refractivity (Wildman–Crippen MR) is 94.6 cm³/mol. The van der Waals surface area contributed by atoms with Crippen molar-refractivity contribution in [3.05, 3.63) is 54.6 Å². The van der Waals surface area contributed by atoms with Crippen LogP contribution >= 0.6 is 0 Å². The summed E-state index contributed by atoms with van der Waals surface area (Å²) in [6.07, 6.45) is 0. The Kier molecular flexibility index (Phi) is 4.93. The van der Waals surface area contributed by atoms with Crippen LogP contribution in [-0.4, -0.2) is 48.6 Å². The highest BCUT2D eigenvalue weighted by molar-refractivity contribution is 5.90. The smallest absolute Gasteiger partial charge is 0.321 e. The maximum absolute atomic E-state index is 12.4. The largest absolute Gasteiger partial charge is 0.322 e. The minimum absolute atomic E-state index is 0.00837. The molecule has 120 valence electrons. The molecule has 4 heteroatoms. The van der Waals surface area contributed by atoms with Gasteiger partial charge in [-0.15, -0.1) is 0 Å². The minimum Gasteiger partial charge on any atom is -0.322 e. The highest BCUT2D eigenvalue weighted by atomic mass is 16.2. The van der Waals surface area contributed by atoms with Crippen molar-refractivity contribution < 1.29 is 4.79 Å². The van der Waals surface area contributed by atoms with Crippen molar-refractivity contribution >= 4 is 11.7 Å². The number of likely N-dealkylation sites (N-methyl/N-ethyl adjacent to an activating group) is 1. The van der Waals surface area contributed by atoms with Crippen LogP contribution in [0, 0.1) is 0 Å². The number of rotatable bonds is 3. The van der Waals surface area contributed by atoms with E-state index in [0.717, 1.165) is 49.5 Å². The molecule has 0 aliphatic carbocycles. The van der Waals surface area contributed by atoms with Gasteiger partial charge in [0.2, 0.25) is 0 Å². The molecule has 4 nitrogen and oxygen atoms in total. The number of urea groups is 1. The van der Waals surface area contributed by atoms with E-state index in [2.05, 4.69) is 35.3 Å². The van der Waals surface area contributed by atoms with Crippen LogP contribution in [0.3, 0.4) is 0 Å². The summed E-state index contributed by atoms with van der Waals surface area (Å²) in [5.74, 6) is 0. The van der Waals surface area contributed by atoms with Gasteiger partial charge in [0.05, 0.1) is 0 Å². The highest BCUT2D eigenvalue weighted by Crippen LogP contribution is 2.22. The quantitative estimate of drug-likeness (QED) is 0.941. The zero-order chi connectivity index (χ0) is 16.1. The third kappa shape index (κ3) is 3.90. The molecule has 23 heavy (non-hydrogen) atoms. The SMILES string of the molecule is CCN1CCN(C(=O)Nc2cccc(-c3ccccc3)c2)CC1. The van der Waals surface area contributed by atoms with Gasteiger partial charge in [0.1, 0.15) is 0 Å². The van der Waals surface area contributed by atoms with Crippen molar-refractivity contribution in [3.8, 4) is 11.1 Å². The molecule has 2 aromatic carbocycles. The van der Waals surface area contributed by atoms with Crippen LogP contribution < -0.4 is 5.32 Å². The number of nitrogens with one attached hydrogen (secondary N) is 1. The standard InChI is InChI=1S/C19H23N3O/c1-2-21-11-13-22(14-12-21)19(23)20-18-10-6-9-17(15-18)16-7-4-3-5-8-16/h3-10,15H,2,11-14H2,1H3,(H,20,23). The van der Waals surface area contributed by atoms with Crippen LogP contribution in [0.4, 0.5) is 10.5 Å². The fourth-order valence-corrected chi connectivity index (χ4v) is 2.88. The molecule has 0 unspecified atom stereocenters. The molecule has 1 aliphatic heterocycles. The fraction of sp³-hybridized carbons (Fsp3) is 0.316. The van der Waals surface area contributed by atoms with E-state index in [1.807, 2.05) is 41.3 Å². The number of benzene rings is 2. The second-order valence-corrected chi connectivity index (χ2v) is 5.80. The number of carbonyl (C=O) groups is 1. The number of anilines is 1. The van der Waals surface area contributed by atoms with Gasteiger partial charge >= 0.3 is 6.03 Å². The van der Waals surface area contributed by atoms with E-state index in [1.54, 1.807) is 0 Å². The molecule has 1 heterocycles. The highest BCUT2D eigenvalue weighted by Gasteiger charge is 2.20. The zero-order valence-electron chi connectivity index (χ0n) is 13.5. The summed E-state index contributed by atoms with van der Waals surface area (Å²) in [5.41, 5.74) is 3.11. The lowest BCUT2D eigenvalue weighted by molar-refractivity contribution is 0.151. The maximum Gasteiger partial charge on any atom is 0.321 e. The summed E-state index contributed by atoms with van der Waals surface area (Å²) in [5, 5.41) is 3.02. The topological polar surface area (TPSA) is 35.6 Å². The van der Waals surface area contributed by atoms with Gasteiger partial charge in [-0.25, -0.2) is 4.79 Å². The van der Waals surface area contributed by atoms with Crippen LogP contribution in [0.15, 0.2) is 54.6 Å². The van der Waals surface area contributed by atoms with Gasteiger partial charge in [0.15, 0.2) is 0 Å². The third-order valence-electron chi connectivity index (χ3n) is 4.33. The van der Waals surface area contributed by atoms with Crippen LogP contribution in [0.25, 0.3) is 11.1 Å². The van der Waals surface area contributed by atoms with Crippen molar-refractivity contribution in [2.75, 3.05) is 38.0 Å². The van der Waals surface area contributed by atoms with Gasteiger partial charge in [0.25, 0.3) is 0 Å². The molecular weight excluding hydrogens is 286 g/mol. The van der Waals surface area contributed by atoms with Gasteiger partial charge in [-0.3, -0.25) is 0 Å². The van der Waals surface area contributed by atoms with E-state index >= 15 is 0 Å². The molecule has 2 amide bonds. The van der Waals surface area contributed by atoms with Crippen LogP contribution in [-0.2, 0) is 0 Å². The molecule has 3 rings (SSSR count). The third-order valence-corrected chi connectivity index (χ3v) is 4.33. The van der Waals surface area contributed by atoms with Crippen LogP contribution in [0.2, 0.25) is 0 Å². The molecule has 1 aliphatic rings. The molecule has 0 atom stereocenters. The van der Waals surface area contributed by atoms with Crippen molar-refractivity contribution in [2.45, 2.75) is 6.92 Å². The Hall–Kier alpha value is -2.33. The molecule has 0 aromatic heterocycles. The Morgan fingerprint density at radius 3 is 2.35 bits per heavy atom. The van der Waals surface area contributed by atoms with Gasteiger partial charge in [-0.2, -0.15) is 0 Å². The average Bonchev–Trinajstić information content (AvgIpc) is 2.63. The first-order valence-electron chi connectivity index (χ1n) is 8.20. The zero-order valence-corrected chi connectivity index (χ0v) is 13.5. The molecule has 0 spiro atoms. The maximum atomic E-state index is 12.4. The lowest BCUT2D eigenvalue weighted by atomic mass is 10.1. The summed E-state index contributed by atoms with van der Waals surface area (Å²) in [6, 6.07) is 18.2. The number of hydrogen-bond acceptors (Lipinski definition) is 2. The Morgan fingerprint density at radius 1 is 0.957 bits per heavy atom. The van der Waals surface area contributed by atoms with E-state index < -0.39 is 0 Å². The van der Waals surface area contributed by atoms with Crippen LogP contribution in [0.5, 0.6) is 0 Å². The van der Waals surface area contributed by atoms with Crippen molar-refractivity contribution in [2.24, 2.45) is 0 Å². The van der Waals surface area contributed by atoms with E-state index in [1.165, 1.54) is 0 Å². The Bertz CT molecular complexity index is 649. The van der Waals surface area contributed by atoms with Crippen molar-refractivity contribution in [1.82, 2.24) is 9.80 Å². The second kappa shape index (κ2) is 7.29. The van der Waals surface area contributed by atoms with Crippen molar-refractivity contribution in [1.29, 1.82) is 0 Å². The van der Waals surface area contributed by atoms with Crippen LogP contribution in [0.1, 0.15) is 6.92 Å². The number of nitrogens with zero attached hydrogens (tertiary/aromatic N) is 2. The van der Waals surface area contributed by atoms with Gasteiger partial charge in [0, 0.05) is 31.9 Å². The Morgan fingerprint density at radius 2 is 1.65 bits per heavy atom. The van der Waals surface area contributed by atoms with Gasteiger partial charge in [-0.1, -0.05) is 49.4 Å². The number of hydrogen-bond donors (Lipinski definition) is 1. The monoisotopic (exact) mass is 309 g/mol. The molecule has 1 saturated heterocycles. The first-order chi connectivity index (χ1) is 11.3. The van der Waals surface area contributed by atoms with E-state index in [0.29, 0.717) is 0 Å². The van der Waals surface area contributed by atoms with E-state index in [4.69, 9.17) is 0 Å². The number of amides is 2. The Balaban J connectivity index is 1.65. The second-order valence-electron chi connectivity index (χ2n) is 5.80. The predicted octanol–water partition coefficient (Wildman–Crippen LogP) is 3.52. The van der Waals surface area contributed by atoms with Crippen molar-refractivity contribution in [3.63, 3.8) is 0 Å². The first kappa shape index (κ1) is 15.6. The summed E-state index contributed by atoms with van der Waals surface area (Å²) < 4.78 is 0. The lowest BCUT2D eigenvalue weighted by Crippen LogP contribution is -2.49. The lowest BCUT2D eigenvalue weighted by Gasteiger charge is -2.34. The molecule has 0 saturated carbocycles. The van der Waals surface area contributed by atoms with E-state index in [9.17, 15) is 4.79 Å². The minimum atomic E-state index is -0.00837.